The van der Waals surface area contributed by atoms with E-state index in [2.05, 4.69) is 6.92 Å². The van der Waals surface area contributed by atoms with Crippen LogP contribution in [0.2, 0.25) is 0 Å². The van der Waals surface area contributed by atoms with Gasteiger partial charge in [0.05, 0.1) is 28.5 Å². The van der Waals surface area contributed by atoms with Crippen LogP contribution in [0.5, 0.6) is 11.5 Å². The fourth-order valence-electron chi connectivity index (χ4n) is 4.45. The maximum atomic E-state index is 13.2. The Morgan fingerprint density at radius 1 is 1.07 bits per heavy atom. The monoisotopic (exact) mass is 387 g/mol. The summed E-state index contributed by atoms with van der Waals surface area (Å²) in [6.45, 7) is 4.94. The van der Waals surface area contributed by atoms with E-state index in [1.807, 2.05) is 4.90 Å². The Morgan fingerprint density at radius 2 is 1.68 bits per heavy atom. The quantitative estimate of drug-likeness (QED) is 0.544. The maximum absolute atomic E-state index is 13.2. The molecular formula is C21H25NO6. The lowest BCUT2D eigenvalue weighted by molar-refractivity contribution is -0.0651. The van der Waals surface area contributed by atoms with Gasteiger partial charge in [-0.15, -0.1) is 0 Å². The van der Waals surface area contributed by atoms with Gasteiger partial charge >= 0.3 is 0 Å². The Balaban J connectivity index is 1.82. The van der Waals surface area contributed by atoms with E-state index in [9.17, 15) is 30.0 Å². The predicted molar refractivity (Wildman–Crippen MR) is 102 cm³/mol. The van der Waals surface area contributed by atoms with Crippen molar-refractivity contribution in [2.24, 2.45) is 5.92 Å². The molecule has 1 aromatic rings. The minimum atomic E-state index is -1.54. The lowest BCUT2D eigenvalue weighted by Crippen LogP contribution is -2.46. The van der Waals surface area contributed by atoms with Gasteiger partial charge in [-0.1, -0.05) is 6.92 Å². The van der Waals surface area contributed by atoms with Crippen LogP contribution in [0.1, 0.15) is 60.2 Å². The molecule has 28 heavy (non-hydrogen) atoms. The summed E-state index contributed by atoms with van der Waals surface area (Å²) in [5.74, 6) is -1.24. The zero-order valence-electron chi connectivity index (χ0n) is 16.0. The molecule has 0 bridgehead atoms. The maximum Gasteiger partial charge on any atom is 0.194 e. The fraction of sp³-hybridized carbons (Fsp3) is 0.524. The minimum Gasteiger partial charge on any atom is -0.507 e. The second-order valence-electron chi connectivity index (χ2n) is 8.55. The van der Waals surface area contributed by atoms with Gasteiger partial charge in [-0.2, -0.15) is 0 Å². The number of ketones is 2. The van der Waals surface area contributed by atoms with Crippen molar-refractivity contribution in [1.82, 2.24) is 0 Å². The highest BCUT2D eigenvalue weighted by Crippen LogP contribution is 2.47. The molecule has 0 aromatic heterocycles. The third kappa shape index (κ3) is 2.72. The molecule has 1 heterocycles. The zero-order valence-corrected chi connectivity index (χ0v) is 16.0. The van der Waals surface area contributed by atoms with E-state index in [1.54, 1.807) is 0 Å². The van der Waals surface area contributed by atoms with Gasteiger partial charge in [0, 0.05) is 43.1 Å². The highest BCUT2D eigenvalue weighted by molar-refractivity contribution is 6.29. The second kappa shape index (κ2) is 6.32. The Morgan fingerprint density at radius 3 is 2.32 bits per heavy atom. The summed E-state index contributed by atoms with van der Waals surface area (Å²) in [7, 11) is 0. The Bertz CT molecular complexity index is 908. The van der Waals surface area contributed by atoms with Crippen molar-refractivity contribution in [2.45, 2.75) is 51.2 Å². The van der Waals surface area contributed by atoms with E-state index in [-0.39, 0.29) is 46.6 Å². The number of rotatable bonds is 1. The first kappa shape index (κ1) is 19.0. The molecule has 3 aliphatic rings. The second-order valence-corrected chi connectivity index (χ2v) is 8.55. The standard InChI is InChI=1S/C21H25NO6/c1-10-3-5-22(6-4-10)13-8-14(23)16-17(20(13)27)19(26)12-9-21(2,28)15(24)7-11(12)18(16)25/h8,10,15,23-24,27-28H,3-7,9H2,1-2H3/t15-,21+/m1/s1. The number of Topliss-reactive ketones (excluding diaryl/α,β-unsaturated/α-hetero) is 2. The van der Waals surface area contributed by atoms with Crippen molar-refractivity contribution >= 4 is 17.3 Å². The largest absolute Gasteiger partial charge is 0.507 e. The first-order valence-corrected chi connectivity index (χ1v) is 9.67. The van der Waals surface area contributed by atoms with Gasteiger partial charge in [-0.05, 0) is 25.7 Å². The van der Waals surface area contributed by atoms with Crippen molar-refractivity contribution < 1.29 is 30.0 Å². The van der Waals surface area contributed by atoms with Crippen LogP contribution < -0.4 is 4.90 Å². The summed E-state index contributed by atoms with van der Waals surface area (Å²) in [6, 6.07) is 1.34. The van der Waals surface area contributed by atoms with Crippen molar-refractivity contribution in [3.63, 3.8) is 0 Å². The molecule has 2 atom stereocenters. The summed E-state index contributed by atoms with van der Waals surface area (Å²) < 4.78 is 0. The number of aromatic hydroxyl groups is 2. The number of carbonyl (C=O) groups is 2. The van der Waals surface area contributed by atoms with Crippen LogP contribution in [-0.4, -0.2) is 56.8 Å². The van der Waals surface area contributed by atoms with Crippen LogP contribution in [0.3, 0.4) is 0 Å². The van der Waals surface area contributed by atoms with Gasteiger partial charge in [0.1, 0.15) is 5.75 Å². The molecule has 0 spiro atoms. The van der Waals surface area contributed by atoms with Crippen LogP contribution in [0.4, 0.5) is 5.69 Å². The topological polar surface area (TPSA) is 118 Å². The van der Waals surface area contributed by atoms with E-state index in [0.717, 1.165) is 12.8 Å². The Hall–Kier alpha value is -2.38. The molecule has 1 saturated heterocycles. The molecule has 0 unspecified atom stereocenters. The van der Waals surface area contributed by atoms with Gasteiger partial charge < -0.3 is 25.3 Å². The van der Waals surface area contributed by atoms with Crippen LogP contribution in [-0.2, 0) is 0 Å². The van der Waals surface area contributed by atoms with E-state index in [0.29, 0.717) is 24.7 Å². The molecule has 4 N–H and O–H groups in total. The number of carbonyl (C=O) groups excluding carboxylic acids is 2. The molecule has 7 heteroatoms. The van der Waals surface area contributed by atoms with Crippen LogP contribution in [0.15, 0.2) is 17.2 Å². The number of hydrogen-bond acceptors (Lipinski definition) is 7. The summed E-state index contributed by atoms with van der Waals surface area (Å²) >= 11 is 0. The first-order valence-electron chi connectivity index (χ1n) is 9.67. The molecule has 2 aliphatic carbocycles. The molecule has 4 rings (SSSR count). The van der Waals surface area contributed by atoms with Crippen molar-refractivity contribution in [1.29, 1.82) is 0 Å². The number of anilines is 1. The number of phenols is 2. The highest BCUT2D eigenvalue weighted by atomic mass is 16.3. The van der Waals surface area contributed by atoms with Crippen LogP contribution in [0, 0.1) is 5.92 Å². The lowest BCUT2D eigenvalue weighted by atomic mass is 9.71. The normalized spacial score (nSPS) is 28.4. The SMILES string of the molecule is CC1CCN(c2cc(O)c3c(c2O)C(=O)C2=C(C[C@@H](O)[C@@](C)(O)C2)C3=O)CC1. The van der Waals surface area contributed by atoms with Gasteiger partial charge in [0.2, 0.25) is 0 Å². The molecule has 0 amide bonds. The summed E-state index contributed by atoms with van der Waals surface area (Å²) in [4.78, 5) is 28.0. The molecule has 1 aromatic carbocycles. The number of aliphatic hydroxyl groups excluding tert-OH is 1. The third-order valence-corrected chi connectivity index (χ3v) is 6.40. The smallest absolute Gasteiger partial charge is 0.194 e. The molecule has 1 aliphatic heterocycles. The number of aliphatic hydroxyl groups is 2. The van der Waals surface area contributed by atoms with Crippen molar-refractivity contribution in [2.75, 3.05) is 18.0 Å². The minimum absolute atomic E-state index is 0.103. The van der Waals surface area contributed by atoms with Gasteiger partial charge in [0.15, 0.2) is 17.3 Å². The van der Waals surface area contributed by atoms with Crippen LogP contribution >= 0.6 is 0 Å². The third-order valence-electron chi connectivity index (χ3n) is 6.40. The van der Waals surface area contributed by atoms with E-state index in [1.165, 1.54) is 13.0 Å². The van der Waals surface area contributed by atoms with E-state index >= 15 is 0 Å². The predicted octanol–water partition coefficient (Wildman–Crippen LogP) is 1.92. The van der Waals surface area contributed by atoms with Gasteiger partial charge in [-0.25, -0.2) is 0 Å². The molecule has 7 nitrogen and oxygen atoms in total. The number of phenolic OH excluding ortho intramolecular Hbond substituents is 2. The first-order chi connectivity index (χ1) is 13.1. The number of benzene rings is 1. The van der Waals surface area contributed by atoms with Crippen molar-refractivity contribution in [3.05, 3.63) is 28.3 Å². The zero-order chi connectivity index (χ0) is 20.4. The summed E-state index contributed by atoms with van der Waals surface area (Å²) in [5.41, 5.74) is -1.41. The average Bonchev–Trinajstić information content (AvgIpc) is 2.63. The fourth-order valence-corrected chi connectivity index (χ4v) is 4.45. The molecule has 150 valence electrons. The number of piperidine rings is 1. The number of hydrogen-bond donors (Lipinski definition) is 4. The number of fused-ring (bicyclic) bond motifs is 1. The molecular weight excluding hydrogens is 362 g/mol. The molecule has 0 radical (unpaired) electrons. The van der Waals surface area contributed by atoms with Crippen LogP contribution in [0.25, 0.3) is 0 Å². The highest BCUT2D eigenvalue weighted by Gasteiger charge is 2.46. The van der Waals surface area contributed by atoms with Gasteiger partial charge in [0.25, 0.3) is 0 Å². The molecule has 1 fully saturated rings. The van der Waals surface area contributed by atoms with Crippen molar-refractivity contribution in [3.8, 4) is 11.5 Å². The summed E-state index contributed by atoms with van der Waals surface area (Å²) in [6.07, 6.45) is 0.327. The Labute approximate surface area is 162 Å². The Kier molecular flexibility index (Phi) is 4.28. The summed E-state index contributed by atoms with van der Waals surface area (Å²) in [5, 5.41) is 41.9. The van der Waals surface area contributed by atoms with E-state index in [4.69, 9.17) is 0 Å². The molecule has 0 saturated carbocycles. The average molecular weight is 387 g/mol. The lowest BCUT2D eigenvalue weighted by Gasteiger charge is -2.38. The van der Waals surface area contributed by atoms with Gasteiger partial charge in [-0.3, -0.25) is 9.59 Å². The van der Waals surface area contributed by atoms with E-state index < -0.39 is 23.3 Å². The number of nitrogens with zero attached hydrogens (tertiary/aromatic N) is 1.